The van der Waals surface area contributed by atoms with Gasteiger partial charge in [0.25, 0.3) is 0 Å². The molecule has 126 valence electrons. The summed E-state index contributed by atoms with van der Waals surface area (Å²) in [6, 6.07) is 1.35. The van der Waals surface area contributed by atoms with Crippen LogP contribution in [0.1, 0.15) is 6.42 Å². The number of nitrogens with one attached hydrogen (secondary N) is 1. The number of amides is 2. The Balaban J connectivity index is 1.92. The number of carboxylic acid groups (broad SMARTS) is 1. The van der Waals surface area contributed by atoms with E-state index in [-0.39, 0.29) is 18.8 Å². The normalized spacial score (nSPS) is 18.3. The highest BCUT2D eigenvalue weighted by molar-refractivity contribution is 5.96. The van der Waals surface area contributed by atoms with Gasteiger partial charge in [0.2, 0.25) is 11.8 Å². The topological polar surface area (TPSA) is 105 Å². The van der Waals surface area contributed by atoms with Crippen molar-refractivity contribution in [3.8, 4) is 0 Å². The lowest BCUT2D eigenvalue weighted by Crippen LogP contribution is -2.36. The molecule has 1 aliphatic rings. The molecule has 1 atom stereocenters. The lowest BCUT2D eigenvalue weighted by Gasteiger charge is -2.18. The van der Waals surface area contributed by atoms with E-state index >= 15 is 0 Å². The summed E-state index contributed by atoms with van der Waals surface area (Å²) in [7, 11) is 0. The molecular weight excluding hydrogens is 321 g/mol. The fourth-order valence-corrected chi connectivity index (χ4v) is 2.20. The number of rotatable bonds is 5. The van der Waals surface area contributed by atoms with Crippen molar-refractivity contribution in [3.05, 3.63) is 12.3 Å². The number of nitrogens with zero attached hydrogens (tertiary/aromatic N) is 3. The van der Waals surface area contributed by atoms with E-state index < -0.39 is 43.0 Å². The number of hydrogen-bond acceptors (Lipinski definition) is 4. The second-order valence-electron chi connectivity index (χ2n) is 5.07. The van der Waals surface area contributed by atoms with Gasteiger partial charge in [-0.3, -0.25) is 19.1 Å². The van der Waals surface area contributed by atoms with Crippen molar-refractivity contribution in [2.75, 3.05) is 18.4 Å². The number of carbonyl (C=O) groups excluding carboxylic acids is 2. The van der Waals surface area contributed by atoms with E-state index in [4.69, 9.17) is 5.11 Å². The maximum atomic E-state index is 12.3. The van der Waals surface area contributed by atoms with E-state index in [2.05, 4.69) is 10.4 Å². The van der Waals surface area contributed by atoms with Crippen LogP contribution in [0.2, 0.25) is 0 Å². The van der Waals surface area contributed by atoms with Crippen LogP contribution >= 0.6 is 0 Å². The summed E-state index contributed by atoms with van der Waals surface area (Å²) in [5.74, 6) is -3.33. The van der Waals surface area contributed by atoms with Gasteiger partial charge in [-0.1, -0.05) is 0 Å². The van der Waals surface area contributed by atoms with E-state index in [1.54, 1.807) is 0 Å². The molecule has 0 radical (unpaired) electrons. The molecule has 0 saturated carbocycles. The van der Waals surface area contributed by atoms with Crippen molar-refractivity contribution in [2.45, 2.75) is 19.1 Å². The summed E-state index contributed by atoms with van der Waals surface area (Å²) in [4.78, 5) is 34.6. The Labute approximate surface area is 127 Å². The van der Waals surface area contributed by atoms with Crippen LogP contribution in [0.5, 0.6) is 0 Å². The second kappa shape index (κ2) is 6.26. The van der Waals surface area contributed by atoms with Crippen LogP contribution in [0.15, 0.2) is 12.3 Å². The van der Waals surface area contributed by atoms with Crippen molar-refractivity contribution in [2.24, 2.45) is 5.92 Å². The largest absolute Gasteiger partial charge is 0.480 e. The first kappa shape index (κ1) is 16.8. The third kappa shape index (κ3) is 4.69. The van der Waals surface area contributed by atoms with Crippen LogP contribution in [0.4, 0.5) is 19.0 Å². The molecule has 11 heteroatoms. The lowest BCUT2D eigenvalue weighted by atomic mass is 10.1. The van der Waals surface area contributed by atoms with Gasteiger partial charge in [-0.25, -0.2) is 0 Å². The number of halogens is 3. The van der Waals surface area contributed by atoms with Gasteiger partial charge in [-0.15, -0.1) is 0 Å². The van der Waals surface area contributed by atoms with Gasteiger partial charge in [0.15, 0.2) is 5.82 Å². The van der Waals surface area contributed by atoms with Gasteiger partial charge in [0.1, 0.15) is 13.1 Å². The van der Waals surface area contributed by atoms with Crippen LogP contribution in [-0.4, -0.2) is 56.8 Å². The quantitative estimate of drug-likeness (QED) is 0.807. The van der Waals surface area contributed by atoms with Gasteiger partial charge < -0.3 is 15.3 Å². The molecule has 8 nitrogen and oxygen atoms in total. The predicted molar refractivity (Wildman–Crippen MR) is 69.2 cm³/mol. The van der Waals surface area contributed by atoms with Crippen LogP contribution < -0.4 is 5.32 Å². The van der Waals surface area contributed by atoms with Gasteiger partial charge in [-0.05, 0) is 0 Å². The standard InChI is InChI=1S/C12H13F3N4O4/c13-12(14,15)6-18-4-7(3-9(18)20)11(23)16-8-1-2-19(17-8)5-10(21)22/h1-2,7H,3-6H2,(H,21,22)(H,16,17,23)/t7-/m0/s1. The Hall–Kier alpha value is -2.59. The molecule has 23 heavy (non-hydrogen) atoms. The summed E-state index contributed by atoms with van der Waals surface area (Å²) >= 11 is 0. The van der Waals surface area contributed by atoms with Crippen molar-refractivity contribution in [1.29, 1.82) is 0 Å². The Morgan fingerprint density at radius 2 is 2.13 bits per heavy atom. The molecule has 2 rings (SSSR count). The number of aliphatic carboxylic acids is 1. The minimum absolute atomic E-state index is 0.0676. The Kier molecular flexibility index (Phi) is 4.57. The molecule has 2 heterocycles. The van der Waals surface area contributed by atoms with Crippen LogP contribution in [0.3, 0.4) is 0 Å². The molecule has 1 aromatic heterocycles. The van der Waals surface area contributed by atoms with E-state index in [0.717, 1.165) is 4.68 Å². The summed E-state index contributed by atoms with van der Waals surface area (Å²) in [6.45, 7) is -2.10. The zero-order valence-corrected chi connectivity index (χ0v) is 11.7. The minimum Gasteiger partial charge on any atom is -0.480 e. The average Bonchev–Trinajstić information content (AvgIpc) is 2.95. The van der Waals surface area contributed by atoms with Gasteiger partial charge >= 0.3 is 12.1 Å². The van der Waals surface area contributed by atoms with Gasteiger partial charge in [0, 0.05) is 25.2 Å². The number of aromatic nitrogens is 2. The molecule has 1 saturated heterocycles. The van der Waals surface area contributed by atoms with E-state index in [1.807, 2.05) is 0 Å². The highest BCUT2D eigenvalue weighted by atomic mass is 19.4. The Morgan fingerprint density at radius 1 is 1.43 bits per heavy atom. The molecule has 1 aromatic rings. The van der Waals surface area contributed by atoms with Crippen LogP contribution in [0.25, 0.3) is 0 Å². The van der Waals surface area contributed by atoms with E-state index in [0.29, 0.717) is 4.90 Å². The maximum absolute atomic E-state index is 12.3. The summed E-state index contributed by atoms with van der Waals surface area (Å²) in [6.07, 6.45) is -3.49. The summed E-state index contributed by atoms with van der Waals surface area (Å²) in [5.41, 5.74) is 0. The molecule has 2 amide bonds. The van der Waals surface area contributed by atoms with Gasteiger partial charge in [0.05, 0.1) is 5.92 Å². The van der Waals surface area contributed by atoms with Crippen molar-refractivity contribution in [1.82, 2.24) is 14.7 Å². The van der Waals surface area contributed by atoms with Crippen molar-refractivity contribution < 1.29 is 32.7 Å². The molecule has 0 spiro atoms. The fraction of sp³-hybridized carbons (Fsp3) is 0.500. The molecule has 0 bridgehead atoms. The number of carbonyl (C=O) groups is 3. The SMILES string of the molecule is O=C(O)Cn1ccc(NC(=O)[C@H]2CC(=O)N(CC(F)(F)F)C2)n1. The first-order valence-electron chi connectivity index (χ1n) is 6.54. The van der Waals surface area contributed by atoms with E-state index in [9.17, 15) is 27.6 Å². The van der Waals surface area contributed by atoms with Crippen molar-refractivity contribution in [3.63, 3.8) is 0 Å². The highest BCUT2D eigenvalue weighted by Gasteiger charge is 2.40. The first-order valence-corrected chi connectivity index (χ1v) is 6.54. The monoisotopic (exact) mass is 334 g/mol. The minimum atomic E-state index is -4.52. The smallest absolute Gasteiger partial charge is 0.406 e. The number of hydrogen-bond donors (Lipinski definition) is 2. The van der Waals surface area contributed by atoms with E-state index in [1.165, 1.54) is 12.3 Å². The number of likely N-dealkylation sites (tertiary alicyclic amines) is 1. The zero-order chi connectivity index (χ0) is 17.2. The Morgan fingerprint density at radius 3 is 2.74 bits per heavy atom. The first-order chi connectivity index (χ1) is 10.6. The van der Waals surface area contributed by atoms with Gasteiger partial charge in [-0.2, -0.15) is 18.3 Å². The van der Waals surface area contributed by atoms with Crippen LogP contribution in [-0.2, 0) is 20.9 Å². The lowest BCUT2D eigenvalue weighted by molar-refractivity contribution is -0.157. The molecule has 0 unspecified atom stereocenters. The number of alkyl halides is 3. The summed E-state index contributed by atoms with van der Waals surface area (Å²) < 4.78 is 38.0. The van der Waals surface area contributed by atoms with Crippen molar-refractivity contribution >= 4 is 23.6 Å². The highest BCUT2D eigenvalue weighted by Crippen LogP contribution is 2.24. The summed E-state index contributed by atoms with van der Waals surface area (Å²) in [5, 5.41) is 14.7. The number of anilines is 1. The Bertz CT molecular complexity index is 628. The molecule has 1 aliphatic heterocycles. The molecule has 2 N–H and O–H groups in total. The second-order valence-corrected chi connectivity index (χ2v) is 5.07. The molecule has 0 aromatic carbocycles. The van der Waals surface area contributed by atoms with Crippen LogP contribution in [0, 0.1) is 5.92 Å². The average molecular weight is 334 g/mol. The fourth-order valence-electron chi connectivity index (χ4n) is 2.20. The zero-order valence-electron chi connectivity index (χ0n) is 11.7. The predicted octanol–water partition coefficient (Wildman–Crippen LogP) is 0.317. The third-order valence-corrected chi connectivity index (χ3v) is 3.14. The number of carboxylic acids is 1. The maximum Gasteiger partial charge on any atom is 0.406 e. The molecule has 0 aliphatic carbocycles. The molecular formula is C12H13F3N4O4. The molecule has 1 fully saturated rings. The third-order valence-electron chi connectivity index (χ3n) is 3.14.